The zero-order valence-corrected chi connectivity index (χ0v) is 9.43. The molecular formula is C9H10BrClO2. The Morgan fingerprint density at radius 1 is 1.54 bits per heavy atom. The van der Waals surface area contributed by atoms with Gasteiger partial charge in [0.2, 0.25) is 0 Å². The van der Waals surface area contributed by atoms with Crippen LogP contribution in [0, 0.1) is 0 Å². The van der Waals surface area contributed by atoms with Gasteiger partial charge in [0.25, 0.3) is 0 Å². The van der Waals surface area contributed by atoms with Crippen molar-refractivity contribution in [2.75, 3.05) is 0 Å². The Labute approximate surface area is 90.3 Å². The van der Waals surface area contributed by atoms with Gasteiger partial charge in [0.05, 0.1) is 10.6 Å². The highest BCUT2D eigenvalue weighted by molar-refractivity contribution is 9.10. The minimum atomic E-state index is -0.490. The van der Waals surface area contributed by atoms with E-state index in [-0.39, 0.29) is 5.75 Å². The van der Waals surface area contributed by atoms with Crippen molar-refractivity contribution in [3.05, 3.63) is 27.2 Å². The van der Waals surface area contributed by atoms with Gasteiger partial charge in [-0.2, -0.15) is 0 Å². The molecule has 0 aliphatic rings. The van der Waals surface area contributed by atoms with Crippen molar-refractivity contribution < 1.29 is 10.2 Å². The molecule has 0 radical (unpaired) electrons. The van der Waals surface area contributed by atoms with E-state index in [1.807, 2.05) is 0 Å². The molecule has 0 saturated carbocycles. The minimum absolute atomic E-state index is 0.144. The fourth-order valence-corrected chi connectivity index (χ4v) is 1.97. The van der Waals surface area contributed by atoms with Crippen LogP contribution in [0.15, 0.2) is 16.6 Å². The molecule has 0 unspecified atom stereocenters. The molecule has 2 N–H and O–H groups in total. The van der Waals surface area contributed by atoms with E-state index in [4.69, 9.17) is 16.7 Å². The first-order valence-corrected chi connectivity index (χ1v) is 5.02. The summed E-state index contributed by atoms with van der Waals surface area (Å²) in [4.78, 5) is 0. The number of halogens is 2. The van der Waals surface area contributed by atoms with Crippen molar-refractivity contribution in [1.29, 1.82) is 0 Å². The van der Waals surface area contributed by atoms with Gasteiger partial charge in [-0.25, -0.2) is 0 Å². The number of aliphatic hydroxyl groups is 1. The smallest absolute Gasteiger partial charge is 0.133 e. The Kier molecular flexibility index (Phi) is 3.59. The topological polar surface area (TPSA) is 40.5 Å². The fraction of sp³-hybridized carbons (Fsp3) is 0.333. The molecule has 0 bridgehead atoms. The molecule has 1 rings (SSSR count). The van der Waals surface area contributed by atoms with Crippen LogP contribution >= 0.6 is 27.5 Å². The Hall–Kier alpha value is -0.250. The maximum absolute atomic E-state index is 9.55. The average Bonchev–Trinajstić information content (AvgIpc) is 1.98. The lowest BCUT2D eigenvalue weighted by molar-refractivity contribution is 0.194. The van der Waals surface area contributed by atoms with Crippen molar-refractivity contribution in [1.82, 2.24) is 0 Å². The summed E-state index contributed by atoms with van der Waals surface area (Å²) in [6.45, 7) is 1.66. The second kappa shape index (κ2) is 4.31. The third-order valence-electron chi connectivity index (χ3n) is 1.62. The SMILES string of the molecule is C[C@H](O)Cc1cc(Cl)cc(Br)c1O. The average molecular weight is 266 g/mol. The molecule has 4 heteroatoms. The maximum Gasteiger partial charge on any atom is 0.133 e. The fourth-order valence-electron chi connectivity index (χ4n) is 1.09. The van der Waals surface area contributed by atoms with E-state index in [0.29, 0.717) is 21.5 Å². The van der Waals surface area contributed by atoms with Crippen LogP contribution in [0.5, 0.6) is 5.75 Å². The molecule has 0 aliphatic carbocycles. The Balaban J connectivity index is 3.05. The van der Waals surface area contributed by atoms with Gasteiger partial charge in [0, 0.05) is 11.4 Å². The lowest BCUT2D eigenvalue weighted by atomic mass is 10.1. The van der Waals surface area contributed by atoms with Gasteiger partial charge in [-0.15, -0.1) is 0 Å². The summed E-state index contributed by atoms with van der Waals surface area (Å²) >= 11 is 8.95. The van der Waals surface area contributed by atoms with Gasteiger partial charge in [-0.05, 0) is 40.5 Å². The predicted octanol–water partition coefficient (Wildman–Crippen LogP) is 2.73. The number of benzene rings is 1. The minimum Gasteiger partial charge on any atom is -0.506 e. The van der Waals surface area contributed by atoms with E-state index in [2.05, 4.69) is 15.9 Å². The van der Waals surface area contributed by atoms with Crippen molar-refractivity contribution in [2.45, 2.75) is 19.4 Å². The number of aliphatic hydroxyl groups excluding tert-OH is 1. The highest BCUT2D eigenvalue weighted by Gasteiger charge is 2.09. The van der Waals surface area contributed by atoms with Crippen LogP contribution in [0.4, 0.5) is 0 Å². The molecule has 1 atom stereocenters. The standard InChI is InChI=1S/C9H10BrClO2/c1-5(12)2-6-3-7(11)4-8(10)9(6)13/h3-5,12-13H,2H2,1H3/t5-/m0/s1. The summed E-state index contributed by atoms with van der Waals surface area (Å²) in [5.74, 6) is 0.144. The van der Waals surface area contributed by atoms with Crippen LogP contribution in [0.25, 0.3) is 0 Å². The van der Waals surface area contributed by atoms with Gasteiger partial charge < -0.3 is 10.2 Å². The number of hydrogen-bond acceptors (Lipinski definition) is 2. The van der Waals surface area contributed by atoms with Crippen LogP contribution in [0.1, 0.15) is 12.5 Å². The van der Waals surface area contributed by atoms with Crippen molar-refractivity contribution in [2.24, 2.45) is 0 Å². The van der Waals surface area contributed by atoms with E-state index in [0.717, 1.165) is 0 Å². The first-order valence-electron chi connectivity index (χ1n) is 3.85. The summed E-state index contributed by atoms with van der Waals surface area (Å²) in [7, 11) is 0. The molecular weight excluding hydrogens is 255 g/mol. The molecule has 1 aromatic carbocycles. The quantitative estimate of drug-likeness (QED) is 0.863. The molecule has 1 aromatic rings. The van der Waals surface area contributed by atoms with Gasteiger partial charge >= 0.3 is 0 Å². The van der Waals surface area contributed by atoms with E-state index in [1.165, 1.54) is 0 Å². The lowest BCUT2D eigenvalue weighted by Gasteiger charge is -2.08. The lowest BCUT2D eigenvalue weighted by Crippen LogP contribution is -2.04. The zero-order valence-electron chi connectivity index (χ0n) is 7.09. The van der Waals surface area contributed by atoms with E-state index < -0.39 is 6.10 Å². The van der Waals surface area contributed by atoms with Crippen LogP contribution in [-0.4, -0.2) is 16.3 Å². The van der Waals surface area contributed by atoms with Crippen LogP contribution in [0.3, 0.4) is 0 Å². The summed E-state index contributed by atoms with van der Waals surface area (Å²) in [6, 6.07) is 3.26. The van der Waals surface area contributed by atoms with Crippen LogP contribution in [0.2, 0.25) is 5.02 Å². The molecule has 2 nitrogen and oxygen atoms in total. The number of hydrogen-bond donors (Lipinski definition) is 2. The Bertz CT molecular complexity index is 313. The molecule has 0 heterocycles. The third kappa shape index (κ3) is 2.86. The first-order chi connectivity index (χ1) is 6.00. The summed E-state index contributed by atoms with van der Waals surface area (Å²) in [5, 5.41) is 19.2. The highest BCUT2D eigenvalue weighted by atomic mass is 79.9. The van der Waals surface area contributed by atoms with E-state index in [9.17, 15) is 5.11 Å². The molecule has 0 fully saturated rings. The Morgan fingerprint density at radius 2 is 2.15 bits per heavy atom. The monoisotopic (exact) mass is 264 g/mol. The third-order valence-corrected chi connectivity index (χ3v) is 2.45. The normalized spacial score (nSPS) is 12.9. The molecule has 0 aromatic heterocycles. The first kappa shape index (κ1) is 10.8. The molecule has 0 saturated heterocycles. The van der Waals surface area contributed by atoms with Crippen LogP contribution in [-0.2, 0) is 6.42 Å². The molecule has 13 heavy (non-hydrogen) atoms. The summed E-state index contributed by atoms with van der Waals surface area (Å²) < 4.78 is 0.552. The molecule has 0 aliphatic heterocycles. The molecule has 72 valence electrons. The van der Waals surface area contributed by atoms with Gasteiger partial charge in [0.1, 0.15) is 5.75 Å². The highest BCUT2D eigenvalue weighted by Crippen LogP contribution is 2.32. The number of phenolic OH excluding ortho intramolecular Hbond substituents is 1. The van der Waals surface area contributed by atoms with Crippen molar-refractivity contribution in [3.63, 3.8) is 0 Å². The zero-order chi connectivity index (χ0) is 10.0. The second-order valence-corrected chi connectivity index (χ2v) is 4.24. The van der Waals surface area contributed by atoms with Gasteiger partial charge in [-0.3, -0.25) is 0 Å². The molecule has 0 amide bonds. The van der Waals surface area contributed by atoms with Crippen molar-refractivity contribution >= 4 is 27.5 Å². The number of aromatic hydroxyl groups is 1. The number of phenols is 1. The maximum atomic E-state index is 9.55. The predicted molar refractivity (Wildman–Crippen MR) is 56.2 cm³/mol. The molecule has 0 spiro atoms. The second-order valence-electron chi connectivity index (χ2n) is 2.95. The van der Waals surface area contributed by atoms with E-state index in [1.54, 1.807) is 19.1 Å². The summed E-state index contributed by atoms with van der Waals surface area (Å²) in [6.07, 6.45) is -0.0957. The van der Waals surface area contributed by atoms with Crippen LogP contribution < -0.4 is 0 Å². The van der Waals surface area contributed by atoms with Gasteiger partial charge in [-0.1, -0.05) is 11.6 Å². The van der Waals surface area contributed by atoms with Gasteiger partial charge in [0.15, 0.2) is 0 Å². The summed E-state index contributed by atoms with van der Waals surface area (Å²) in [5.41, 5.74) is 0.648. The largest absolute Gasteiger partial charge is 0.506 e. The van der Waals surface area contributed by atoms with Crippen molar-refractivity contribution in [3.8, 4) is 5.75 Å². The Morgan fingerprint density at radius 3 is 2.69 bits per heavy atom. The van der Waals surface area contributed by atoms with E-state index >= 15 is 0 Å². The number of rotatable bonds is 2.